The Bertz CT molecular complexity index is 2420. The molecule has 0 aromatic heterocycles. The summed E-state index contributed by atoms with van der Waals surface area (Å²) in [4.78, 5) is 2.38. The molecule has 49 heavy (non-hydrogen) atoms. The molecule has 0 spiro atoms. The minimum absolute atomic E-state index is 0.177. The molecule has 4 heteroatoms. The van der Waals surface area contributed by atoms with Crippen LogP contribution in [0.15, 0.2) is 170 Å². The summed E-state index contributed by atoms with van der Waals surface area (Å²) in [7, 11) is -3.15. The van der Waals surface area contributed by atoms with E-state index < -0.39 is 7.14 Å². The summed E-state index contributed by atoms with van der Waals surface area (Å²) in [5.41, 5.74) is 10.4. The zero-order valence-electron chi connectivity index (χ0n) is 27.4. The van der Waals surface area contributed by atoms with Crippen molar-refractivity contribution < 1.29 is 9.30 Å². The molecule has 2 aliphatic rings. The van der Waals surface area contributed by atoms with Crippen LogP contribution in [0.25, 0.3) is 22.3 Å². The van der Waals surface area contributed by atoms with Gasteiger partial charge in [-0.3, -0.25) is 0 Å². The van der Waals surface area contributed by atoms with Crippen LogP contribution in [0.5, 0.6) is 11.5 Å². The maximum Gasteiger partial charge on any atom is 0.178 e. The molecule has 0 N–H and O–H groups in total. The predicted octanol–water partition coefficient (Wildman–Crippen LogP) is 10.9. The van der Waals surface area contributed by atoms with E-state index in [1.54, 1.807) is 0 Å². The van der Waals surface area contributed by atoms with Gasteiger partial charge in [-0.15, -0.1) is 0 Å². The lowest BCUT2D eigenvalue weighted by Gasteiger charge is -2.42. The third-order valence-corrected chi connectivity index (χ3v) is 13.2. The summed E-state index contributed by atoms with van der Waals surface area (Å²) in [5.74, 6) is 1.30. The SMILES string of the molecule is CC1(C)c2ccccc2N(c2ccccc2)c2ccc(-c3ccc(-c4ccc5c(c4)P(=O)(c4ccccc4)c4ccccc4O5)cc3)cc21. The lowest BCUT2D eigenvalue weighted by Crippen LogP contribution is -2.30. The quantitative estimate of drug-likeness (QED) is 0.177. The molecule has 1 atom stereocenters. The number of rotatable bonds is 4. The van der Waals surface area contributed by atoms with E-state index in [9.17, 15) is 0 Å². The van der Waals surface area contributed by atoms with Gasteiger partial charge in [0.2, 0.25) is 0 Å². The summed E-state index contributed by atoms with van der Waals surface area (Å²) < 4.78 is 21.5. The van der Waals surface area contributed by atoms with Gasteiger partial charge in [-0.25, -0.2) is 0 Å². The molecule has 9 rings (SSSR count). The normalized spacial score (nSPS) is 16.8. The van der Waals surface area contributed by atoms with Crippen molar-refractivity contribution in [1.29, 1.82) is 0 Å². The van der Waals surface area contributed by atoms with E-state index in [-0.39, 0.29) is 5.41 Å². The van der Waals surface area contributed by atoms with Crippen LogP contribution in [-0.2, 0) is 9.98 Å². The van der Waals surface area contributed by atoms with Gasteiger partial charge in [-0.2, -0.15) is 0 Å². The van der Waals surface area contributed by atoms with Crippen molar-refractivity contribution in [1.82, 2.24) is 0 Å². The van der Waals surface area contributed by atoms with Crippen LogP contribution in [0.1, 0.15) is 25.0 Å². The van der Waals surface area contributed by atoms with Crippen molar-refractivity contribution in [2.45, 2.75) is 19.3 Å². The van der Waals surface area contributed by atoms with E-state index in [0.717, 1.165) is 38.3 Å². The van der Waals surface area contributed by atoms with Gasteiger partial charge >= 0.3 is 0 Å². The molecule has 2 aliphatic heterocycles. The van der Waals surface area contributed by atoms with Crippen molar-refractivity contribution in [2.24, 2.45) is 0 Å². The summed E-state index contributed by atoms with van der Waals surface area (Å²) >= 11 is 0. The zero-order valence-corrected chi connectivity index (χ0v) is 28.3. The Morgan fingerprint density at radius 3 is 1.80 bits per heavy atom. The third-order valence-electron chi connectivity index (χ3n) is 10.1. The molecular formula is C45H34NO2P. The van der Waals surface area contributed by atoms with Gasteiger partial charge in [-0.05, 0) is 88.0 Å². The molecule has 0 saturated carbocycles. The number of ether oxygens (including phenoxy) is 1. The average Bonchev–Trinajstić information content (AvgIpc) is 3.16. The number of nitrogens with zero attached hydrogens (tertiary/aromatic N) is 1. The van der Waals surface area contributed by atoms with E-state index in [1.165, 1.54) is 28.1 Å². The predicted molar refractivity (Wildman–Crippen MR) is 204 cm³/mol. The number of para-hydroxylation sites is 3. The van der Waals surface area contributed by atoms with E-state index >= 15 is 4.57 Å². The van der Waals surface area contributed by atoms with Gasteiger partial charge in [-0.1, -0.05) is 129 Å². The summed E-state index contributed by atoms with van der Waals surface area (Å²) in [5, 5.41) is 2.28. The first-order valence-corrected chi connectivity index (χ1v) is 18.4. The zero-order chi connectivity index (χ0) is 33.2. The fourth-order valence-corrected chi connectivity index (χ4v) is 10.5. The van der Waals surface area contributed by atoms with Gasteiger partial charge in [0, 0.05) is 16.4 Å². The Kier molecular flexibility index (Phi) is 6.76. The molecule has 0 aliphatic carbocycles. The molecule has 0 radical (unpaired) electrons. The minimum atomic E-state index is -3.15. The third kappa shape index (κ3) is 4.61. The van der Waals surface area contributed by atoms with Crippen molar-refractivity contribution in [2.75, 3.05) is 4.90 Å². The van der Waals surface area contributed by atoms with Crippen LogP contribution in [0, 0.1) is 0 Å². The Labute approximate surface area is 287 Å². The Morgan fingerprint density at radius 2 is 1.04 bits per heavy atom. The van der Waals surface area contributed by atoms with Crippen LogP contribution in [0.2, 0.25) is 0 Å². The molecule has 0 amide bonds. The van der Waals surface area contributed by atoms with Crippen LogP contribution >= 0.6 is 7.14 Å². The van der Waals surface area contributed by atoms with Crippen molar-refractivity contribution in [3.63, 3.8) is 0 Å². The number of hydrogen-bond acceptors (Lipinski definition) is 3. The number of hydrogen-bond donors (Lipinski definition) is 0. The second-order valence-corrected chi connectivity index (χ2v) is 16.0. The van der Waals surface area contributed by atoms with E-state index in [1.807, 2.05) is 60.7 Å². The minimum Gasteiger partial charge on any atom is -0.456 e. The molecule has 0 bridgehead atoms. The topological polar surface area (TPSA) is 29.5 Å². The molecule has 1 unspecified atom stereocenters. The maximum atomic E-state index is 15.2. The highest BCUT2D eigenvalue weighted by atomic mass is 31.2. The fourth-order valence-electron chi connectivity index (χ4n) is 7.59. The first kappa shape index (κ1) is 29.5. The maximum absolute atomic E-state index is 15.2. The second-order valence-electron chi connectivity index (χ2n) is 13.3. The lowest BCUT2D eigenvalue weighted by molar-refractivity contribution is 0.485. The average molecular weight is 652 g/mol. The van der Waals surface area contributed by atoms with Gasteiger partial charge in [0.15, 0.2) is 7.14 Å². The summed E-state index contributed by atoms with van der Waals surface area (Å²) in [6.07, 6.45) is 0. The highest BCUT2D eigenvalue weighted by molar-refractivity contribution is 7.85. The summed E-state index contributed by atoms with van der Waals surface area (Å²) in [6.45, 7) is 4.65. The first-order chi connectivity index (χ1) is 23.9. The second kappa shape index (κ2) is 11.2. The Hall–Kier alpha value is -5.63. The molecule has 0 saturated heterocycles. The van der Waals surface area contributed by atoms with E-state index in [2.05, 4.69) is 128 Å². The monoisotopic (exact) mass is 651 g/mol. The molecule has 3 nitrogen and oxygen atoms in total. The number of fused-ring (bicyclic) bond motifs is 4. The smallest absolute Gasteiger partial charge is 0.178 e. The summed E-state index contributed by atoms with van der Waals surface area (Å²) in [6, 6.07) is 58.5. The molecular weight excluding hydrogens is 617 g/mol. The Balaban J connectivity index is 1.10. The standard InChI is InChI=1S/C45H34NO2P/c1-45(2)37-17-9-10-18-39(37)46(35-13-5-3-6-14-35)40-27-25-33(29-38(40)45)31-21-23-32(24-22-31)34-26-28-42-44(30-34)49(47,36-15-7-4-8-16-36)43-20-12-11-19-41(43)48-42/h3-30H,1-2H3. The van der Waals surface area contributed by atoms with Crippen molar-refractivity contribution >= 4 is 40.1 Å². The first-order valence-electron chi connectivity index (χ1n) is 16.7. The van der Waals surface area contributed by atoms with Crippen LogP contribution < -0.4 is 25.6 Å². The van der Waals surface area contributed by atoms with Gasteiger partial charge in [0.1, 0.15) is 11.5 Å². The molecule has 0 fully saturated rings. The van der Waals surface area contributed by atoms with Crippen molar-refractivity contribution in [3.8, 4) is 33.8 Å². The van der Waals surface area contributed by atoms with Crippen LogP contribution in [0.3, 0.4) is 0 Å². The van der Waals surface area contributed by atoms with Crippen molar-refractivity contribution in [3.05, 3.63) is 181 Å². The van der Waals surface area contributed by atoms with Gasteiger partial charge < -0.3 is 14.2 Å². The van der Waals surface area contributed by atoms with Gasteiger partial charge in [0.05, 0.1) is 22.0 Å². The van der Waals surface area contributed by atoms with Gasteiger partial charge in [0.25, 0.3) is 0 Å². The van der Waals surface area contributed by atoms with Crippen LogP contribution in [0.4, 0.5) is 17.1 Å². The van der Waals surface area contributed by atoms with E-state index in [0.29, 0.717) is 11.5 Å². The number of benzene rings is 7. The molecule has 2 heterocycles. The molecule has 7 aromatic rings. The highest BCUT2D eigenvalue weighted by Gasteiger charge is 2.39. The molecule has 7 aromatic carbocycles. The fraction of sp³-hybridized carbons (Fsp3) is 0.0667. The van der Waals surface area contributed by atoms with E-state index in [4.69, 9.17) is 4.74 Å². The number of anilines is 3. The highest BCUT2D eigenvalue weighted by Crippen LogP contribution is 2.53. The largest absolute Gasteiger partial charge is 0.456 e. The Morgan fingerprint density at radius 1 is 0.490 bits per heavy atom. The van der Waals surface area contributed by atoms with Crippen LogP contribution in [-0.4, -0.2) is 0 Å². The lowest BCUT2D eigenvalue weighted by atomic mass is 9.73. The molecule has 236 valence electrons.